The molecule has 0 unspecified atom stereocenters. The SMILES string of the molecule is CNC(=O)[C@@H]1CCC[C@@H]1COc1cc(Nc2nc(C)cc(NC)n2)ccc1OC. The number of hydrogen-bond acceptors (Lipinski definition) is 7. The number of methoxy groups -OCH3 is 1. The van der Waals surface area contributed by atoms with Crippen molar-refractivity contribution < 1.29 is 14.3 Å². The third kappa shape index (κ3) is 5.07. The van der Waals surface area contributed by atoms with Gasteiger partial charge in [-0.05, 0) is 31.9 Å². The van der Waals surface area contributed by atoms with Crippen LogP contribution in [0.3, 0.4) is 0 Å². The van der Waals surface area contributed by atoms with Crippen molar-refractivity contribution in [3.8, 4) is 11.5 Å². The molecule has 3 rings (SSSR count). The summed E-state index contributed by atoms with van der Waals surface area (Å²) in [5, 5.41) is 9.00. The maximum atomic E-state index is 12.1. The Bertz CT molecular complexity index is 858. The second-order valence-electron chi connectivity index (χ2n) is 7.18. The molecule has 0 aliphatic heterocycles. The minimum Gasteiger partial charge on any atom is -0.493 e. The van der Waals surface area contributed by atoms with Gasteiger partial charge in [-0.1, -0.05) is 6.42 Å². The maximum Gasteiger partial charge on any atom is 0.229 e. The molecule has 8 heteroatoms. The molecule has 1 heterocycles. The van der Waals surface area contributed by atoms with E-state index in [0.717, 1.165) is 36.5 Å². The number of aromatic nitrogens is 2. The normalized spacial score (nSPS) is 18.2. The minimum atomic E-state index is 0.00737. The van der Waals surface area contributed by atoms with Crippen molar-refractivity contribution >= 4 is 23.4 Å². The van der Waals surface area contributed by atoms with E-state index in [1.165, 1.54) is 0 Å². The molecule has 2 aromatic rings. The topological polar surface area (TPSA) is 97.4 Å². The second-order valence-corrected chi connectivity index (χ2v) is 7.18. The molecule has 0 bridgehead atoms. The highest BCUT2D eigenvalue weighted by Crippen LogP contribution is 2.35. The van der Waals surface area contributed by atoms with Gasteiger partial charge < -0.3 is 25.4 Å². The summed E-state index contributed by atoms with van der Waals surface area (Å²) in [6, 6.07) is 7.47. The van der Waals surface area contributed by atoms with Crippen LogP contribution in [0.5, 0.6) is 11.5 Å². The molecule has 156 valence electrons. The van der Waals surface area contributed by atoms with Crippen molar-refractivity contribution in [2.75, 3.05) is 38.4 Å². The number of anilines is 3. The van der Waals surface area contributed by atoms with E-state index in [9.17, 15) is 4.79 Å². The van der Waals surface area contributed by atoms with Gasteiger partial charge in [0.05, 0.1) is 13.7 Å². The van der Waals surface area contributed by atoms with Gasteiger partial charge in [0.25, 0.3) is 0 Å². The van der Waals surface area contributed by atoms with Crippen molar-refractivity contribution in [1.29, 1.82) is 0 Å². The number of benzene rings is 1. The van der Waals surface area contributed by atoms with Crippen molar-refractivity contribution in [2.24, 2.45) is 11.8 Å². The first-order valence-corrected chi connectivity index (χ1v) is 9.87. The summed E-state index contributed by atoms with van der Waals surface area (Å²) in [5.41, 5.74) is 1.65. The van der Waals surface area contributed by atoms with Gasteiger partial charge in [0, 0.05) is 49.4 Å². The summed E-state index contributed by atoms with van der Waals surface area (Å²) >= 11 is 0. The molecule has 29 heavy (non-hydrogen) atoms. The zero-order valence-corrected chi connectivity index (χ0v) is 17.4. The largest absolute Gasteiger partial charge is 0.493 e. The fourth-order valence-electron chi connectivity index (χ4n) is 3.71. The lowest BCUT2D eigenvalue weighted by atomic mass is 9.96. The lowest BCUT2D eigenvalue weighted by molar-refractivity contribution is -0.125. The van der Waals surface area contributed by atoms with E-state index in [0.29, 0.717) is 24.1 Å². The summed E-state index contributed by atoms with van der Waals surface area (Å²) in [7, 11) is 5.12. The van der Waals surface area contributed by atoms with Crippen LogP contribution < -0.4 is 25.4 Å². The zero-order chi connectivity index (χ0) is 20.8. The molecule has 1 fully saturated rings. The predicted molar refractivity (Wildman–Crippen MR) is 113 cm³/mol. The third-order valence-electron chi connectivity index (χ3n) is 5.23. The first-order valence-electron chi connectivity index (χ1n) is 9.87. The fourth-order valence-corrected chi connectivity index (χ4v) is 3.71. The quantitative estimate of drug-likeness (QED) is 0.627. The monoisotopic (exact) mass is 399 g/mol. The Balaban J connectivity index is 1.73. The molecule has 8 nitrogen and oxygen atoms in total. The van der Waals surface area contributed by atoms with Gasteiger partial charge in [-0.25, -0.2) is 4.98 Å². The van der Waals surface area contributed by atoms with E-state index in [2.05, 4.69) is 25.9 Å². The molecule has 1 saturated carbocycles. The number of rotatable bonds is 8. The first-order chi connectivity index (χ1) is 14.0. The highest BCUT2D eigenvalue weighted by Gasteiger charge is 2.33. The number of aryl methyl sites for hydroxylation is 1. The van der Waals surface area contributed by atoms with Gasteiger partial charge in [-0.2, -0.15) is 4.98 Å². The number of carbonyl (C=O) groups excluding carboxylic acids is 1. The van der Waals surface area contributed by atoms with Gasteiger partial charge >= 0.3 is 0 Å². The molecular formula is C21H29N5O3. The number of nitrogens with one attached hydrogen (secondary N) is 3. The van der Waals surface area contributed by atoms with Crippen LogP contribution in [0.15, 0.2) is 24.3 Å². The molecule has 1 aromatic carbocycles. The number of hydrogen-bond donors (Lipinski definition) is 3. The van der Waals surface area contributed by atoms with Crippen LogP contribution in [0, 0.1) is 18.8 Å². The van der Waals surface area contributed by atoms with Crippen molar-refractivity contribution in [3.63, 3.8) is 0 Å². The summed E-state index contributed by atoms with van der Waals surface area (Å²) in [5.74, 6) is 2.82. The molecule has 2 atom stereocenters. The minimum absolute atomic E-state index is 0.00737. The van der Waals surface area contributed by atoms with Gasteiger partial charge in [0.1, 0.15) is 5.82 Å². The highest BCUT2D eigenvalue weighted by molar-refractivity contribution is 5.78. The number of amides is 1. The lowest BCUT2D eigenvalue weighted by Gasteiger charge is -2.20. The van der Waals surface area contributed by atoms with Crippen LogP contribution in [0.2, 0.25) is 0 Å². The van der Waals surface area contributed by atoms with E-state index in [1.807, 2.05) is 38.2 Å². The molecule has 1 aliphatic rings. The Hall–Kier alpha value is -3.03. The standard InChI is InChI=1S/C21H29N5O3/c1-13-10-19(22-2)26-21(24-13)25-15-8-9-17(28-4)18(11-15)29-12-14-6-5-7-16(14)20(27)23-3/h8-11,14,16H,5-7,12H2,1-4H3,(H,23,27)(H2,22,24,25,26)/t14-,16-/m1/s1. The Morgan fingerprint density at radius 1 is 1.17 bits per heavy atom. The predicted octanol–water partition coefficient (Wildman–Crippen LogP) is 3.12. The van der Waals surface area contributed by atoms with Gasteiger partial charge in [0.15, 0.2) is 11.5 Å². The number of carbonyl (C=O) groups is 1. The average molecular weight is 399 g/mol. The van der Waals surface area contributed by atoms with Gasteiger partial charge in [0.2, 0.25) is 11.9 Å². The van der Waals surface area contributed by atoms with Gasteiger partial charge in [-0.15, -0.1) is 0 Å². The van der Waals surface area contributed by atoms with Crippen molar-refractivity contribution in [2.45, 2.75) is 26.2 Å². The van der Waals surface area contributed by atoms with E-state index in [4.69, 9.17) is 9.47 Å². The van der Waals surface area contributed by atoms with Gasteiger partial charge in [-0.3, -0.25) is 4.79 Å². The van der Waals surface area contributed by atoms with Crippen LogP contribution in [0.4, 0.5) is 17.5 Å². The Kier molecular flexibility index (Phi) is 6.74. The van der Waals surface area contributed by atoms with Crippen molar-refractivity contribution in [1.82, 2.24) is 15.3 Å². The van der Waals surface area contributed by atoms with Crippen LogP contribution in [-0.2, 0) is 4.79 Å². The van der Waals surface area contributed by atoms with E-state index < -0.39 is 0 Å². The molecular weight excluding hydrogens is 370 g/mol. The Labute approximate surface area is 171 Å². The Morgan fingerprint density at radius 2 is 2.00 bits per heavy atom. The van der Waals surface area contributed by atoms with E-state index >= 15 is 0 Å². The summed E-state index contributed by atoms with van der Waals surface area (Å²) in [4.78, 5) is 20.9. The van der Waals surface area contributed by atoms with Crippen LogP contribution in [-0.4, -0.2) is 43.7 Å². The Morgan fingerprint density at radius 3 is 2.72 bits per heavy atom. The molecule has 3 N–H and O–H groups in total. The number of nitrogens with zero attached hydrogens (tertiary/aromatic N) is 2. The molecule has 1 amide bonds. The molecule has 1 aliphatic carbocycles. The maximum absolute atomic E-state index is 12.1. The van der Waals surface area contributed by atoms with Crippen LogP contribution >= 0.6 is 0 Å². The second kappa shape index (κ2) is 9.45. The summed E-state index contributed by atoms with van der Waals surface area (Å²) < 4.78 is 11.5. The zero-order valence-electron chi connectivity index (χ0n) is 17.4. The number of ether oxygens (including phenoxy) is 2. The van der Waals surface area contributed by atoms with Crippen LogP contribution in [0.25, 0.3) is 0 Å². The third-order valence-corrected chi connectivity index (χ3v) is 5.23. The van der Waals surface area contributed by atoms with Crippen LogP contribution in [0.1, 0.15) is 25.0 Å². The smallest absolute Gasteiger partial charge is 0.229 e. The fraction of sp³-hybridized carbons (Fsp3) is 0.476. The summed E-state index contributed by atoms with van der Waals surface area (Å²) in [6.45, 7) is 2.39. The van der Waals surface area contributed by atoms with E-state index in [1.54, 1.807) is 14.2 Å². The summed E-state index contributed by atoms with van der Waals surface area (Å²) in [6.07, 6.45) is 2.94. The highest BCUT2D eigenvalue weighted by atomic mass is 16.5. The van der Waals surface area contributed by atoms with E-state index in [-0.39, 0.29) is 17.7 Å². The molecule has 0 radical (unpaired) electrons. The average Bonchev–Trinajstić information content (AvgIpc) is 3.20. The first kappa shape index (κ1) is 20.7. The van der Waals surface area contributed by atoms with Crippen molar-refractivity contribution in [3.05, 3.63) is 30.0 Å². The molecule has 0 spiro atoms. The molecule has 1 aromatic heterocycles. The lowest BCUT2D eigenvalue weighted by Crippen LogP contribution is -2.32. The molecule has 0 saturated heterocycles.